The van der Waals surface area contributed by atoms with E-state index in [9.17, 15) is 18.8 Å². The van der Waals surface area contributed by atoms with Gasteiger partial charge >= 0.3 is 5.97 Å². The van der Waals surface area contributed by atoms with Crippen LogP contribution in [0.1, 0.15) is 57.6 Å². The first-order chi connectivity index (χ1) is 17.4. The molecule has 2 unspecified atom stereocenters. The number of carbonyl (C=O) groups is 3. The topological polar surface area (TPSA) is 66.9 Å². The van der Waals surface area contributed by atoms with Gasteiger partial charge in [0.15, 0.2) is 10.9 Å². The number of esters is 1. The molecule has 0 N–H and O–H groups in total. The molecule has 0 radical (unpaired) electrons. The minimum absolute atomic E-state index is 0. The zero-order chi connectivity index (χ0) is 25.7. The van der Waals surface area contributed by atoms with E-state index in [4.69, 9.17) is 4.74 Å². The summed E-state index contributed by atoms with van der Waals surface area (Å²) in [6.07, 6.45) is 6.67. The van der Waals surface area contributed by atoms with Crippen LogP contribution in [-0.2, 0) is 19.1 Å². The first-order valence-electron chi connectivity index (χ1n) is 13.1. The SMILES string of the molecule is CCOC(=O)CN1CCC(/C=C2\CN(C(C(=O)C3CC3)c3ccccc3F)CCC2SC(C)=O)CC1.Cl.Cl. The summed E-state index contributed by atoms with van der Waals surface area (Å²) in [7, 11) is 0. The number of halogens is 3. The average molecular weight is 590 g/mol. The van der Waals surface area contributed by atoms with Crippen LogP contribution in [0.4, 0.5) is 4.39 Å². The smallest absolute Gasteiger partial charge is 0.320 e. The normalized spacial score (nSPS) is 22.7. The molecule has 10 heteroatoms. The number of rotatable bonds is 9. The van der Waals surface area contributed by atoms with Gasteiger partial charge in [-0.3, -0.25) is 24.2 Å². The molecule has 1 aliphatic carbocycles. The first-order valence-corrected chi connectivity index (χ1v) is 14.0. The highest BCUT2D eigenvalue weighted by atomic mass is 35.5. The van der Waals surface area contributed by atoms with Crippen molar-refractivity contribution in [2.24, 2.45) is 11.8 Å². The lowest BCUT2D eigenvalue weighted by atomic mass is 9.89. The number of allylic oxidation sites excluding steroid dienone is 1. The van der Waals surface area contributed by atoms with E-state index in [0.29, 0.717) is 37.7 Å². The number of benzene rings is 1. The number of hydrogen-bond donors (Lipinski definition) is 0. The Hall–Kier alpha value is -1.45. The fraction of sp³-hybridized carbons (Fsp3) is 0.607. The Morgan fingerprint density at radius 1 is 1.08 bits per heavy atom. The Morgan fingerprint density at radius 2 is 1.76 bits per heavy atom. The van der Waals surface area contributed by atoms with E-state index < -0.39 is 6.04 Å². The van der Waals surface area contributed by atoms with Gasteiger partial charge in [-0.25, -0.2) is 4.39 Å². The molecule has 2 atom stereocenters. The van der Waals surface area contributed by atoms with Crippen LogP contribution in [-0.4, -0.2) is 71.2 Å². The largest absolute Gasteiger partial charge is 0.465 e. The summed E-state index contributed by atoms with van der Waals surface area (Å²) in [5.74, 6) is -0.0372. The molecule has 1 aromatic rings. The number of thioether (sulfide) groups is 1. The summed E-state index contributed by atoms with van der Waals surface area (Å²) in [4.78, 5) is 41.4. The Morgan fingerprint density at radius 3 is 2.37 bits per heavy atom. The van der Waals surface area contributed by atoms with Crippen molar-refractivity contribution in [1.82, 2.24) is 9.80 Å². The standard InChI is InChI=1S/C28H37FN2O4S.2ClH/c1-3-35-26(33)18-30-13-10-20(11-14-30)16-22-17-31(15-12-25(22)36-19(2)32)27(28(34)21-8-9-21)23-6-4-5-7-24(23)29;;/h4-7,16,20-21,25,27H,3,8-15,17-18H2,1-2H3;2*1H/b22-16+;;. The van der Waals surface area contributed by atoms with Crippen molar-refractivity contribution in [3.63, 3.8) is 0 Å². The van der Waals surface area contributed by atoms with Crippen molar-refractivity contribution in [2.75, 3.05) is 39.3 Å². The van der Waals surface area contributed by atoms with Gasteiger partial charge in [0.25, 0.3) is 0 Å². The maximum absolute atomic E-state index is 14.9. The molecule has 6 nitrogen and oxygen atoms in total. The predicted molar refractivity (Wildman–Crippen MR) is 153 cm³/mol. The molecule has 2 heterocycles. The van der Waals surface area contributed by atoms with Crippen molar-refractivity contribution in [3.8, 4) is 0 Å². The molecule has 212 valence electrons. The first kappa shape index (κ1) is 32.8. The molecule has 3 fully saturated rings. The third kappa shape index (κ3) is 8.78. The number of hydrogen-bond acceptors (Lipinski definition) is 7. The van der Waals surface area contributed by atoms with Crippen LogP contribution in [0.5, 0.6) is 0 Å². The summed E-state index contributed by atoms with van der Waals surface area (Å²) >= 11 is 1.36. The highest BCUT2D eigenvalue weighted by Gasteiger charge is 2.41. The van der Waals surface area contributed by atoms with Gasteiger partial charge in [-0.05, 0) is 69.7 Å². The average Bonchev–Trinajstić information content (AvgIpc) is 3.69. The lowest BCUT2D eigenvalue weighted by Gasteiger charge is -2.39. The Bertz CT molecular complexity index is 999. The summed E-state index contributed by atoms with van der Waals surface area (Å²) in [6, 6.07) is 6.04. The minimum Gasteiger partial charge on any atom is -0.465 e. The molecule has 3 aliphatic rings. The van der Waals surface area contributed by atoms with E-state index in [2.05, 4.69) is 15.9 Å². The van der Waals surface area contributed by atoms with Crippen molar-refractivity contribution in [1.29, 1.82) is 0 Å². The predicted octanol–water partition coefficient (Wildman–Crippen LogP) is 5.25. The number of likely N-dealkylation sites (tertiary alicyclic amines) is 2. The van der Waals surface area contributed by atoms with Gasteiger partial charge in [0.1, 0.15) is 5.82 Å². The molecule has 38 heavy (non-hydrogen) atoms. The van der Waals surface area contributed by atoms with Gasteiger partial charge in [0.05, 0.1) is 19.2 Å². The number of ketones is 1. The van der Waals surface area contributed by atoms with Crippen LogP contribution in [0.15, 0.2) is 35.9 Å². The van der Waals surface area contributed by atoms with Crippen LogP contribution in [0.3, 0.4) is 0 Å². The fourth-order valence-electron chi connectivity index (χ4n) is 5.39. The van der Waals surface area contributed by atoms with Crippen LogP contribution in [0.2, 0.25) is 0 Å². The number of piperidine rings is 2. The van der Waals surface area contributed by atoms with Crippen LogP contribution < -0.4 is 0 Å². The quantitative estimate of drug-likeness (QED) is 0.288. The second-order valence-corrected chi connectivity index (χ2v) is 11.5. The molecule has 1 saturated carbocycles. The molecule has 2 aliphatic heterocycles. The van der Waals surface area contributed by atoms with Crippen molar-refractivity contribution in [3.05, 3.63) is 47.3 Å². The highest BCUT2D eigenvalue weighted by Crippen LogP contribution is 2.41. The van der Waals surface area contributed by atoms with E-state index in [1.165, 1.54) is 17.8 Å². The summed E-state index contributed by atoms with van der Waals surface area (Å²) in [6.45, 7) is 6.98. The molecule has 2 saturated heterocycles. The molecular weight excluding hydrogens is 550 g/mol. The second-order valence-electron chi connectivity index (χ2n) is 10.1. The fourth-order valence-corrected chi connectivity index (χ4v) is 6.32. The summed E-state index contributed by atoms with van der Waals surface area (Å²) < 4.78 is 19.9. The minimum atomic E-state index is -0.586. The number of ether oxygens (including phenoxy) is 1. The van der Waals surface area contributed by atoms with Crippen LogP contribution >= 0.6 is 36.6 Å². The third-order valence-electron chi connectivity index (χ3n) is 7.34. The zero-order valence-corrected chi connectivity index (χ0v) is 24.6. The van der Waals surface area contributed by atoms with Crippen molar-refractivity contribution >= 4 is 53.4 Å². The van der Waals surface area contributed by atoms with E-state index in [1.54, 1.807) is 25.1 Å². The van der Waals surface area contributed by atoms with Crippen molar-refractivity contribution < 1.29 is 23.5 Å². The van der Waals surface area contributed by atoms with Crippen molar-refractivity contribution in [2.45, 2.75) is 57.2 Å². The lowest BCUT2D eigenvalue weighted by molar-refractivity contribution is -0.144. The molecule has 4 rings (SSSR count). The molecule has 0 bridgehead atoms. The Balaban J connectivity index is 0.00000253. The van der Waals surface area contributed by atoms with E-state index >= 15 is 0 Å². The van der Waals surface area contributed by atoms with Crippen LogP contribution in [0, 0.1) is 17.7 Å². The van der Waals surface area contributed by atoms with Gasteiger partial charge in [0.2, 0.25) is 0 Å². The molecule has 0 aromatic heterocycles. The molecule has 0 amide bonds. The van der Waals surface area contributed by atoms with Gasteiger partial charge < -0.3 is 4.74 Å². The van der Waals surface area contributed by atoms with Crippen LogP contribution in [0.25, 0.3) is 0 Å². The van der Waals surface area contributed by atoms with E-state index in [1.807, 2.05) is 6.92 Å². The van der Waals surface area contributed by atoms with E-state index in [-0.39, 0.29) is 58.7 Å². The highest BCUT2D eigenvalue weighted by molar-refractivity contribution is 8.14. The molecule has 0 spiro atoms. The Kier molecular flexibility index (Phi) is 13.2. The number of carbonyl (C=O) groups excluding carboxylic acids is 3. The maximum Gasteiger partial charge on any atom is 0.320 e. The Labute approximate surface area is 241 Å². The second kappa shape index (κ2) is 15.4. The third-order valence-corrected chi connectivity index (χ3v) is 8.50. The lowest BCUT2D eigenvalue weighted by Crippen LogP contribution is -2.43. The molecular formula is C28H39Cl2FN2O4S. The molecule has 1 aromatic carbocycles. The van der Waals surface area contributed by atoms with Gasteiger partial charge in [-0.15, -0.1) is 24.8 Å². The summed E-state index contributed by atoms with van der Waals surface area (Å²) in [5, 5.41) is 0.164. The van der Waals surface area contributed by atoms with E-state index in [0.717, 1.165) is 50.8 Å². The monoisotopic (exact) mass is 588 g/mol. The van der Waals surface area contributed by atoms with Gasteiger partial charge in [-0.2, -0.15) is 0 Å². The van der Waals surface area contributed by atoms with Gasteiger partial charge in [0, 0.05) is 36.7 Å². The maximum atomic E-state index is 14.9. The van der Waals surface area contributed by atoms with Gasteiger partial charge in [-0.1, -0.05) is 36.0 Å². The number of Topliss-reactive ketones (excluding diaryl/α,β-unsaturated/α-hetero) is 1. The summed E-state index contributed by atoms with van der Waals surface area (Å²) in [5.41, 5.74) is 1.62. The zero-order valence-electron chi connectivity index (χ0n) is 22.1. The number of nitrogens with zero attached hydrogens (tertiary/aromatic N) is 2.